The van der Waals surface area contributed by atoms with Crippen molar-refractivity contribution in [2.45, 2.75) is 46.6 Å². The van der Waals surface area contributed by atoms with Crippen LogP contribution in [0.3, 0.4) is 0 Å². The maximum Gasteiger partial charge on any atom is 0.151 e. The molecule has 0 amide bonds. The number of nitrogens with zero attached hydrogens (tertiary/aromatic N) is 1. The molecular formula is C12H19NO. The van der Waals surface area contributed by atoms with Crippen LogP contribution in [0, 0.1) is 6.92 Å². The summed E-state index contributed by atoms with van der Waals surface area (Å²) >= 11 is 0. The summed E-state index contributed by atoms with van der Waals surface area (Å²) in [5.74, 6) is 0.481. The molecule has 14 heavy (non-hydrogen) atoms. The highest BCUT2D eigenvalue weighted by atomic mass is 16.1. The van der Waals surface area contributed by atoms with E-state index in [1.54, 1.807) is 0 Å². The van der Waals surface area contributed by atoms with Gasteiger partial charge in [0.15, 0.2) is 6.29 Å². The highest BCUT2D eigenvalue weighted by Crippen LogP contribution is 2.21. The third-order valence-electron chi connectivity index (χ3n) is 2.60. The molecule has 2 nitrogen and oxygen atoms in total. The zero-order valence-corrected chi connectivity index (χ0v) is 9.50. The first-order valence-corrected chi connectivity index (χ1v) is 5.27. The van der Waals surface area contributed by atoms with E-state index in [1.807, 2.05) is 13.0 Å². The molecule has 0 saturated carbocycles. The highest BCUT2D eigenvalue weighted by Gasteiger charge is 2.12. The summed E-state index contributed by atoms with van der Waals surface area (Å²) in [5.41, 5.74) is 3.21. The molecule has 0 aromatic carbocycles. The van der Waals surface area contributed by atoms with Crippen LogP contribution < -0.4 is 0 Å². The zero-order valence-electron chi connectivity index (χ0n) is 9.50. The van der Waals surface area contributed by atoms with E-state index >= 15 is 0 Å². The van der Waals surface area contributed by atoms with Crippen molar-refractivity contribution in [2.75, 3.05) is 0 Å². The molecule has 0 aliphatic rings. The van der Waals surface area contributed by atoms with Crippen molar-refractivity contribution in [3.05, 3.63) is 23.0 Å². The Labute approximate surface area is 85.9 Å². The molecule has 78 valence electrons. The molecule has 0 aliphatic carbocycles. The summed E-state index contributed by atoms with van der Waals surface area (Å²) in [6.45, 7) is 9.51. The van der Waals surface area contributed by atoms with Gasteiger partial charge >= 0.3 is 0 Å². The molecule has 1 heterocycles. The number of hydrogen-bond acceptors (Lipinski definition) is 1. The Bertz CT molecular complexity index is 323. The lowest BCUT2D eigenvalue weighted by Gasteiger charge is -2.12. The summed E-state index contributed by atoms with van der Waals surface area (Å²) in [6, 6.07) is 2.02. The monoisotopic (exact) mass is 193 g/mol. The molecule has 0 fully saturated rings. The van der Waals surface area contributed by atoms with Gasteiger partial charge in [-0.25, -0.2) is 0 Å². The van der Waals surface area contributed by atoms with Gasteiger partial charge in [-0.05, 0) is 25.3 Å². The number of hydrogen-bond donors (Lipinski definition) is 0. The van der Waals surface area contributed by atoms with E-state index < -0.39 is 0 Å². The molecule has 2 heteroatoms. The number of carbonyl (C=O) groups is 1. The van der Waals surface area contributed by atoms with Crippen LogP contribution in [0.5, 0.6) is 0 Å². The van der Waals surface area contributed by atoms with E-state index in [0.717, 1.165) is 30.5 Å². The SMILES string of the molecule is CCCn1c(C(C)C)cc(C=O)c1C. The summed E-state index contributed by atoms with van der Waals surface area (Å²) < 4.78 is 2.26. The van der Waals surface area contributed by atoms with Gasteiger partial charge in [0.05, 0.1) is 0 Å². The van der Waals surface area contributed by atoms with Crippen LogP contribution in [0.25, 0.3) is 0 Å². The second kappa shape index (κ2) is 4.45. The fourth-order valence-electron chi connectivity index (χ4n) is 1.81. The van der Waals surface area contributed by atoms with Crippen molar-refractivity contribution in [2.24, 2.45) is 0 Å². The summed E-state index contributed by atoms with van der Waals surface area (Å²) in [5, 5.41) is 0. The third-order valence-corrected chi connectivity index (χ3v) is 2.60. The standard InChI is InChI=1S/C12H19NO/c1-5-6-13-10(4)11(8-14)7-12(13)9(2)3/h7-9H,5-6H2,1-4H3. The first kappa shape index (κ1) is 11.0. The molecule has 0 bridgehead atoms. The van der Waals surface area contributed by atoms with Crippen LogP contribution in [-0.4, -0.2) is 10.9 Å². The Balaban J connectivity index is 3.19. The van der Waals surface area contributed by atoms with E-state index in [9.17, 15) is 4.79 Å². The van der Waals surface area contributed by atoms with Crippen LogP contribution in [0.1, 0.15) is 54.9 Å². The molecule has 0 spiro atoms. The van der Waals surface area contributed by atoms with Crippen LogP contribution in [0.15, 0.2) is 6.07 Å². The summed E-state index contributed by atoms with van der Waals surface area (Å²) in [4.78, 5) is 10.8. The van der Waals surface area contributed by atoms with Crippen molar-refractivity contribution in [1.82, 2.24) is 4.57 Å². The smallest absolute Gasteiger partial charge is 0.151 e. The predicted octanol–water partition coefficient (Wildman–Crippen LogP) is 3.14. The van der Waals surface area contributed by atoms with Gasteiger partial charge in [0.25, 0.3) is 0 Å². The fraction of sp³-hybridized carbons (Fsp3) is 0.583. The van der Waals surface area contributed by atoms with Crippen LogP contribution in [-0.2, 0) is 6.54 Å². The third kappa shape index (κ3) is 1.89. The molecule has 1 rings (SSSR count). The first-order valence-electron chi connectivity index (χ1n) is 5.27. The highest BCUT2D eigenvalue weighted by molar-refractivity contribution is 5.77. The van der Waals surface area contributed by atoms with Crippen molar-refractivity contribution < 1.29 is 4.79 Å². The van der Waals surface area contributed by atoms with Crippen molar-refractivity contribution in [3.8, 4) is 0 Å². The van der Waals surface area contributed by atoms with Gasteiger partial charge in [-0.2, -0.15) is 0 Å². The summed E-state index contributed by atoms with van der Waals surface area (Å²) in [6.07, 6.45) is 2.06. The largest absolute Gasteiger partial charge is 0.348 e. The Morgan fingerprint density at radius 3 is 2.57 bits per heavy atom. The Kier molecular flexibility index (Phi) is 3.50. The van der Waals surface area contributed by atoms with Crippen molar-refractivity contribution >= 4 is 6.29 Å². The van der Waals surface area contributed by atoms with Crippen molar-refractivity contribution in [3.63, 3.8) is 0 Å². The van der Waals surface area contributed by atoms with Gasteiger partial charge in [0.1, 0.15) is 0 Å². The zero-order chi connectivity index (χ0) is 10.7. The molecular weight excluding hydrogens is 174 g/mol. The summed E-state index contributed by atoms with van der Waals surface area (Å²) in [7, 11) is 0. The fourth-order valence-corrected chi connectivity index (χ4v) is 1.81. The molecule has 0 N–H and O–H groups in total. The van der Waals surface area contributed by atoms with Crippen LogP contribution >= 0.6 is 0 Å². The second-order valence-corrected chi connectivity index (χ2v) is 4.03. The Hall–Kier alpha value is -1.05. The van der Waals surface area contributed by atoms with E-state index in [2.05, 4.69) is 25.3 Å². The van der Waals surface area contributed by atoms with Gasteiger partial charge in [-0.15, -0.1) is 0 Å². The minimum absolute atomic E-state index is 0.481. The maximum atomic E-state index is 10.8. The molecule has 1 aromatic heterocycles. The number of carbonyl (C=O) groups excluding carboxylic acids is 1. The lowest BCUT2D eigenvalue weighted by Crippen LogP contribution is -2.05. The average molecular weight is 193 g/mol. The number of aromatic nitrogens is 1. The topological polar surface area (TPSA) is 22.0 Å². The first-order chi connectivity index (χ1) is 6.61. The molecule has 0 unspecified atom stereocenters. The number of aldehydes is 1. The van der Waals surface area contributed by atoms with E-state index in [0.29, 0.717) is 5.92 Å². The lowest BCUT2D eigenvalue weighted by atomic mass is 10.1. The van der Waals surface area contributed by atoms with Crippen LogP contribution in [0.4, 0.5) is 0 Å². The molecule has 1 aromatic rings. The lowest BCUT2D eigenvalue weighted by molar-refractivity contribution is 0.112. The van der Waals surface area contributed by atoms with E-state index in [-0.39, 0.29) is 0 Å². The van der Waals surface area contributed by atoms with Gasteiger partial charge in [0, 0.05) is 23.5 Å². The number of rotatable bonds is 4. The van der Waals surface area contributed by atoms with Gasteiger partial charge < -0.3 is 4.57 Å². The Morgan fingerprint density at radius 2 is 2.14 bits per heavy atom. The van der Waals surface area contributed by atoms with Gasteiger partial charge in [-0.3, -0.25) is 4.79 Å². The van der Waals surface area contributed by atoms with E-state index in [4.69, 9.17) is 0 Å². The minimum atomic E-state index is 0.481. The van der Waals surface area contributed by atoms with Crippen LogP contribution in [0.2, 0.25) is 0 Å². The minimum Gasteiger partial charge on any atom is -0.348 e. The predicted molar refractivity (Wildman–Crippen MR) is 58.9 cm³/mol. The molecule has 0 aliphatic heterocycles. The van der Waals surface area contributed by atoms with Crippen molar-refractivity contribution in [1.29, 1.82) is 0 Å². The van der Waals surface area contributed by atoms with Gasteiger partial charge in [-0.1, -0.05) is 20.8 Å². The molecule has 0 atom stereocenters. The van der Waals surface area contributed by atoms with Gasteiger partial charge in [0.2, 0.25) is 0 Å². The average Bonchev–Trinajstić information content (AvgIpc) is 2.45. The quantitative estimate of drug-likeness (QED) is 0.673. The second-order valence-electron chi connectivity index (χ2n) is 4.03. The Morgan fingerprint density at radius 1 is 1.50 bits per heavy atom. The molecule has 0 saturated heterocycles. The van der Waals surface area contributed by atoms with E-state index in [1.165, 1.54) is 5.69 Å². The maximum absolute atomic E-state index is 10.8. The normalized spacial score (nSPS) is 10.9. The molecule has 0 radical (unpaired) electrons.